The van der Waals surface area contributed by atoms with Crippen LogP contribution in [0.4, 0.5) is 0 Å². The molecule has 0 radical (unpaired) electrons. The molecule has 0 atom stereocenters. The predicted octanol–water partition coefficient (Wildman–Crippen LogP) is 1.54. The number of benzene rings is 1. The van der Waals surface area contributed by atoms with E-state index in [0.717, 1.165) is 35.5 Å². The molecule has 0 aliphatic heterocycles. The van der Waals surface area contributed by atoms with Gasteiger partial charge in [0.25, 0.3) is 5.56 Å². The van der Waals surface area contributed by atoms with Crippen molar-refractivity contribution in [1.29, 1.82) is 0 Å². The van der Waals surface area contributed by atoms with Crippen molar-refractivity contribution in [2.24, 2.45) is 0 Å². The van der Waals surface area contributed by atoms with Gasteiger partial charge in [-0.2, -0.15) is 0 Å². The van der Waals surface area contributed by atoms with Crippen molar-refractivity contribution in [2.75, 3.05) is 13.6 Å². The van der Waals surface area contributed by atoms with Crippen LogP contribution in [-0.4, -0.2) is 23.4 Å². The Morgan fingerprint density at radius 2 is 2.11 bits per heavy atom. The van der Waals surface area contributed by atoms with Crippen molar-refractivity contribution < 1.29 is 0 Å². The molecule has 1 aromatic carbocycles. The fraction of sp³-hybridized carbons (Fsp3) is 0.357. The van der Waals surface area contributed by atoms with Gasteiger partial charge in [0.05, 0.1) is 5.69 Å². The smallest absolute Gasteiger partial charge is 0.274 e. The lowest BCUT2D eigenvalue weighted by molar-refractivity contribution is 0.783. The van der Waals surface area contributed by atoms with E-state index < -0.39 is 0 Å². The van der Waals surface area contributed by atoms with E-state index >= 15 is 0 Å². The van der Waals surface area contributed by atoms with Crippen LogP contribution >= 0.6 is 0 Å². The van der Waals surface area contributed by atoms with E-state index in [9.17, 15) is 4.79 Å². The topological polar surface area (TPSA) is 49.8 Å². The van der Waals surface area contributed by atoms with Crippen LogP contribution in [0.15, 0.2) is 29.1 Å². The first-order chi connectivity index (χ1) is 8.63. The molecule has 2 aromatic rings. The fourth-order valence-electron chi connectivity index (χ4n) is 2.07. The lowest BCUT2D eigenvalue weighted by Crippen LogP contribution is -2.20. The third kappa shape index (κ3) is 2.38. The van der Waals surface area contributed by atoms with Crippen molar-refractivity contribution in [1.82, 2.24) is 15.1 Å². The van der Waals surface area contributed by atoms with E-state index in [4.69, 9.17) is 0 Å². The maximum absolute atomic E-state index is 12.3. The number of aryl methyl sites for hydroxylation is 2. The van der Waals surface area contributed by atoms with Gasteiger partial charge in [0.2, 0.25) is 0 Å². The number of aromatic nitrogens is 2. The van der Waals surface area contributed by atoms with Gasteiger partial charge in [-0.05, 0) is 51.6 Å². The minimum atomic E-state index is 0.0494. The van der Waals surface area contributed by atoms with Crippen LogP contribution in [0.3, 0.4) is 0 Å². The van der Waals surface area contributed by atoms with E-state index in [2.05, 4.69) is 10.4 Å². The van der Waals surface area contributed by atoms with Crippen molar-refractivity contribution in [3.05, 3.63) is 51.4 Å². The molecular formula is C14H19N3O. The molecule has 0 aliphatic carbocycles. The lowest BCUT2D eigenvalue weighted by Gasteiger charge is -2.02. The highest BCUT2D eigenvalue weighted by Crippen LogP contribution is 2.09. The summed E-state index contributed by atoms with van der Waals surface area (Å²) in [5.74, 6) is 0. The molecule has 1 aromatic heterocycles. The molecule has 1 heterocycles. The number of likely N-dealkylation sites (N-methyl/N-ethyl adjacent to an activating group) is 1. The molecule has 0 unspecified atom stereocenters. The van der Waals surface area contributed by atoms with Gasteiger partial charge in [0, 0.05) is 11.3 Å². The van der Waals surface area contributed by atoms with E-state index in [-0.39, 0.29) is 5.56 Å². The average molecular weight is 245 g/mol. The predicted molar refractivity (Wildman–Crippen MR) is 73.5 cm³/mol. The number of nitrogens with zero attached hydrogens (tertiary/aromatic N) is 1. The Balaban J connectivity index is 2.44. The second-order valence-electron chi connectivity index (χ2n) is 4.55. The van der Waals surface area contributed by atoms with Crippen LogP contribution in [-0.2, 0) is 6.42 Å². The van der Waals surface area contributed by atoms with Crippen LogP contribution < -0.4 is 10.9 Å². The number of aromatic amines is 1. The highest BCUT2D eigenvalue weighted by Gasteiger charge is 2.11. The molecule has 0 aliphatic rings. The van der Waals surface area contributed by atoms with Crippen molar-refractivity contribution in [2.45, 2.75) is 20.3 Å². The fourth-order valence-corrected chi connectivity index (χ4v) is 2.07. The standard InChI is InChI=1S/C14H19N3O/c1-10-5-4-6-12(9-10)17-14(18)13(7-8-15-3)11(2)16-17/h4-6,9,15-16H,7-8H2,1-3H3. The second-order valence-corrected chi connectivity index (χ2v) is 4.55. The Labute approximate surface area is 107 Å². The Morgan fingerprint density at radius 3 is 2.78 bits per heavy atom. The molecule has 0 spiro atoms. The quantitative estimate of drug-likeness (QED) is 0.858. The molecule has 4 nitrogen and oxygen atoms in total. The van der Waals surface area contributed by atoms with Crippen molar-refractivity contribution in [3.8, 4) is 5.69 Å². The van der Waals surface area contributed by atoms with E-state index in [1.807, 2.05) is 45.2 Å². The summed E-state index contributed by atoms with van der Waals surface area (Å²) in [4.78, 5) is 12.3. The molecule has 0 saturated heterocycles. The number of nitrogens with one attached hydrogen (secondary N) is 2. The molecule has 0 saturated carbocycles. The van der Waals surface area contributed by atoms with Crippen molar-refractivity contribution in [3.63, 3.8) is 0 Å². The Bertz CT molecular complexity index is 595. The molecule has 2 N–H and O–H groups in total. The summed E-state index contributed by atoms with van der Waals surface area (Å²) in [6.07, 6.45) is 0.747. The van der Waals surface area contributed by atoms with Gasteiger partial charge in [-0.25, -0.2) is 4.68 Å². The van der Waals surface area contributed by atoms with E-state index in [1.165, 1.54) is 0 Å². The molecule has 0 amide bonds. The van der Waals surface area contributed by atoms with Crippen LogP contribution in [0.5, 0.6) is 0 Å². The summed E-state index contributed by atoms with van der Waals surface area (Å²) in [5, 5.41) is 6.21. The normalized spacial score (nSPS) is 10.8. The van der Waals surface area contributed by atoms with E-state index in [1.54, 1.807) is 4.68 Å². The van der Waals surface area contributed by atoms with Crippen LogP contribution in [0.25, 0.3) is 5.69 Å². The van der Waals surface area contributed by atoms with Gasteiger partial charge >= 0.3 is 0 Å². The minimum Gasteiger partial charge on any atom is -0.319 e. The molecule has 96 valence electrons. The van der Waals surface area contributed by atoms with Crippen LogP contribution in [0.1, 0.15) is 16.8 Å². The summed E-state index contributed by atoms with van der Waals surface area (Å²) < 4.78 is 1.62. The van der Waals surface area contributed by atoms with Gasteiger partial charge in [-0.15, -0.1) is 0 Å². The SMILES string of the molecule is CNCCc1c(C)[nH]n(-c2cccc(C)c2)c1=O. The Morgan fingerprint density at radius 1 is 1.33 bits per heavy atom. The highest BCUT2D eigenvalue weighted by atomic mass is 16.1. The lowest BCUT2D eigenvalue weighted by atomic mass is 10.2. The molecule has 18 heavy (non-hydrogen) atoms. The largest absolute Gasteiger partial charge is 0.319 e. The van der Waals surface area contributed by atoms with Crippen molar-refractivity contribution >= 4 is 0 Å². The summed E-state index contributed by atoms with van der Waals surface area (Å²) >= 11 is 0. The molecule has 4 heteroatoms. The summed E-state index contributed by atoms with van der Waals surface area (Å²) in [6.45, 7) is 4.77. The first-order valence-electron chi connectivity index (χ1n) is 6.15. The third-order valence-corrected chi connectivity index (χ3v) is 3.08. The van der Waals surface area contributed by atoms with Gasteiger partial charge < -0.3 is 5.32 Å². The van der Waals surface area contributed by atoms with Gasteiger partial charge in [-0.3, -0.25) is 9.89 Å². The Kier molecular flexibility index (Phi) is 3.67. The zero-order valence-electron chi connectivity index (χ0n) is 11.1. The molecule has 0 fully saturated rings. The molecule has 2 rings (SSSR count). The van der Waals surface area contributed by atoms with Crippen LogP contribution in [0.2, 0.25) is 0 Å². The van der Waals surface area contributed by atoms with Crippen LogP contribution in [0, 0.1) is 13.8 Å². The Hall–Kier alpha value is -1.81. The molecular weight excluding hydrogens is 226 g/mol. The summed E-state index contributed by atoms with van der Waals surface area (Å²) in [6, 6.07) is 7.91. The number of hydrogen-bond acceptors (Lipinski definition) is 2. The average Bonchev–Trinajstić information content (AvgIpc) is 2.63. The molecule has 0 bridgehead atoms. The monoisotopic (exact) mass is 245 g/mol. The maximum atomic E-state index is 12.3. The number of H-pyrrole nitrogens is 1. The first kappa shape index (κ1) is 12.6. The third-order valence-electron chi connectivity index (χ3n) is 3.08. The highest BCUT2D eigenvalue weighted by molar-refractivity contribution is 5.36. The van der Waals surface area contributed by atoms with Gasteiger partial charge in [0.15, 0.2) is 0 Å². The maximum Gasteiger partial charge on any atom is 0.274 e. The van der Waals surface area contributed by atoms with Gasteiger partial charge in [-0.1, -0.05) is 12.1 Å². The summed E-state index contributed by atoms with van der Waals surface area (Å²) in [7, 11) is 1.89. The van der Waals surface area contributed by atoms with Gasteiger partial charge in [0.1, 0.15) is 0 Å². The number of rotatable bonds is 4. The zero-order valence-corrected chi connectivity index (χ0v) is 11.1. The zero-order chi connectivity index (χ0) is 13.1. The summed E-state index contributed by atoms with van der Waals surface area (Å²) in [5.41, 5.74) is 3.87. The number of hydrogen-bond donors (Lipinski definition) is 2. The first-order valence-corrected chi connectivity index (χ1v) is 6.15. The second kappa shape index (κ2) is 5.23. The minimum absolute atomic E-state index is 0.0494. The van der Waals surface area contributed by atoms with E-state index in [0.29, 0.717) is 0 Å².